The van der Waals surface area contributed by atoms with Crippen molar-refractivity contribution in [3.63, 3.8) is 0 Å². The van der Waals surface area contributed by atoms with E-state index < -0.39 is 0 Å². The molecule has 1 amide bonds. The van der Waals surface area contributed by atoms with Gasteiger partial charge < -0.3 is 5.32 Å². The van der Waals surface area contributed by atoms with Crippen molar-refractivity contribution in [2.24, 2.45) is 0 Å². The van der Waals surface area contributed by atoms with Crippen LogP contribution in [0.4, 0.5) is 0 Å². The van der Waals surface area contributed by atoms with E-state index in [4.69, 9.17) is 0 Å². The molecular formula is C21H24N4OS. The first-order valence-electron chi connectivity index (χ1n) is 8.90. The molecule has 0 saturated carbocycles. The molecule has 1 unspecified atom stereocenters. The van der Waals surface area contributed by atoms with Gasteiger partial charge in [0.2, 0.25) is 5.91 Å². The van der Waals surface area contributed by atoms with E-state index in [-0.39, 0.29) is 11.9 Å². The van der Waals surface area contributed by atoms with E-state index in [9.17, 15) is 4.79 Å². The Balaban J connectivity index is 1.59. The van der Waals surface area contributed by atoms with Crippen LogP contribution in [0.3, 0.4) is 0 Å². The number of carbonyl (C=O) groups excluding carboxylic acids is 1. The molecule has 1 aromatic carbocycles. The fraction of sp³-hybridized carbons (Fsp3) is 0.286. The average molecular weight is 381 g/mol. The largest absolute Gasteiger partial charge is 0.354 e. The Morgan fingerprint density at radius 1 is 1.22 bits per heavy atom. The highest BCUT2D eigenvalue weighted by atomic mass is 32.1. The predicted molar refractivity (Wildman–Crippen MR) is 110 cm³/mol. The van der Waals surface area contributed by atoms with Crippen molar-refractivity contribution in [1.29, 1.82) is 0 Å². The highest BCUT2D eigenvalue weighted by Crippen LogP contribution is 2.23. The number of rotatable bonds is 7. The fourth-order valence-electron chi connectivity index (χ4n) is 2.98. The van der Waals surface area contributed by atoms with Crippen molar-refractivity contribution in [3.05, 3.63) is 71.0 Å². The molecule has 0 aliphatic carbocycles. The van der Waals surface area contributed by atoms with E-state index in [0.717, 1.165) is 27.4 Å². The summed E-state index contributed by atoms with van der Waals surface area (Å²) in [4.78, 5) is 23.4. The number of nitrogens with zero attached hydrogens (tertiary/aromatic N) is 3. The van der Waals surface area contributed by atoms with Crippen molar-refractivity contribution in [1.82, 2.24) is 20.2 Å². The third-order valence-corrected chi connectivity index (χ3v) is 5.22. The molecule has 5 nitrogen and oxygen atoms in total. The van der Waals surface area contributed by atoms with Gasteiger partial charge in [-0.25, -0.2) is 4.98 Å². The quantitative estimate of drug-likeness (QED) is 0.682. The van der Waals surface area contributed by atoms with Crippen LogP contribution in [0.15, 0.2) is 54.2 Å². The van der Waals surface area contributed by atoms with Crippen molar-refractivity contribution in [2.75, 3.05) is 20.6 Å². The summed E-state index contributed by atoms with van der Waals surface area (Å²) < 4.78 is 0. The average Bonchev–Trinajstić information content (AvgIpc) is 3.11. The number of nitrogens with one attached hydrogen (secondary N) is 1. The van der Waals surface area contributed by atoms with Gasteiger partial charge in [0.1, 0.15) is 11.0 Å². The highest BCUT2D eigenvalue weighted by Gasteiger charge is 2.22. The van der Waals surface area contributed by atoms with Crippen LogP contribution in [0.2, 0.25) is 0 Å². The molecule has 2 heterocycles. The maximum Gasteiger partial charge on any atom is 0.241 e. The Morgan fingerprint density at radius 3 is 2.70 bits per heavy atom. The molecule has 140 valence electrons. The van der Waals surface area contributed by atoms with Crippen LogP contribution in [0, 0.1) is 6.92 Å². The first-order chi connectivity index (χ1) is 13.0. The summed E-state index contributed by atoms with van der Waals surface area (Å²) >= 11 is 1.61. The topological polar surface area (TPSA) is 58.1 Å². The summed E-state index contributed by atoms with van der Waals surface area (Å²) in [6.45, 7) is 2.60. The van der Waals surface area contributed by atoms with E-state index in [1.54, 1.807) is 23.7 Å². The number of hydrogen-bond donors (Lipinski definition) is 1. The summed E-state index contributed by atoms with van der Waals surface area (Å²) in [7, 11) is 3.85. The minimum atomic E-state index is -0.298. The molecule has 27 heavy (non-hydrogen) atoms. The second-order valence-electron chi connectivity index (χ2n) is 6.70. The summed E-state index contributed by atoms with van der Waals surface area (Å²) in [5, 5.41) is 6.08. The number of benzene rings is 1. The molecule has 0 aliphatic heterocycles. The summed E-state index contributed by atoms with van der Waals surface area (Å²) in [6, 6.07) is 11.7. The maximum atomic E-state index is 12.7. The molecular weight excluding hydrogens is 356 g/mol. The molecule has 0 radical (unpaired) electrons. The van der Waals surface area contributed by atoms with Gasteiger partial charge in [0.05, 0.1) is 5.69 Å². The van der Waals surface area contributed by atoms with Gasteiger partial charge in [0, 0.05) is 36.3 Å². The minimum absolute atomic E-state index is 0.00943. The van der Waals surface area contributed by atoms with Crippen LogP contribution in [0.1, 0.15) is 22.9 Å². The van der Waals surface area contributed by atoms with Crippen molar-refractivity contribution >= 4 is 17.2 Å². The zero-order valence-electron chi connectivity index (χ0n) is 15.8. The van der Waals surface area contributed by atoms with Crippen LogP contribution in [-0.4, -0.2) is 41.4 Å². The number of amides is 1. The Kier molecular flexibility index (Phi) is 6.32. The van der Waals surface area contributed by atoms with E-state index in [0.29, 0.717) is 13.0 Å². The van der Waals surface area contributed by atoms with Crippen LogP contribution >= 0.6 is 11.3 Å². The van der Waals surface area contributed by atoms with Gasteiger partial charge in [0.15, 0.2) is 0 Å². The van der Waals surface area contributed by atoms with Gasteiger partial charge in [0.25, 0.3) is 0 Å². The monoisotopic (exact) mass is 380 g/mol. The summed E-state index contributed by atoms with van der Waals surface area (Å²) in [5.74, 6) is 0.00943. The Hall–Kier alpha value is -2.57. The van der Waals surface area contributed by atoms with E-state index in [1.807, 2.05) is 61.6 Å². The number of hydrogen-bond acceptors (Lipinski definition) is 5. The Bertz CT molecular complexity index is 892. The summed E-state index contributed by atoms with van der Waals surface area (Å²) in [5.41, 5.74) is 4.21. The normalized spacial score (nSPS) is 12.1. The lowest BCUT2D eigenvalue weighted by atomic mass is 10.0. The number of aromatic nitrogens is 2. The molecule has 1 N–H and O–H groups in total. The molecule has 3 aromatic rings. The van der Waals surface area contributed by atoms with E-state index >= 15 is 0 Å². The summed E-state index contributed by atoms with van der Waals surface area (Å²) in [6.07, 6.45) is 4.24. The van der Waals surface area contributed by atoms with Gasteiger partial charge in [-0.3, -0.25) is 14.7 Å². The van der Waals surface area contributed by atoms with Crippen LogP contribution in [-0.2, 0) is 11.2 Å². The first kappa shape index (κ1) is 19.2. The third kappa shape index (κ3) is 4.99. The Morgan fingerprint density at radius 2 is 2.00 bits per heavy atom. The number of carbonyl (C=O) groups is 1. The lowest BCUT2D eigenvalue weighted by Crippen LogP contribution is -2.38. The Labute approximate surface area is 164 Å². The van der Waals surface area contributed by atoms with Crippen molar-refractivity contribution in [2.45, 2.75) is 19.4 Å². The molecule has 3 rings (SSSR count). The van der Waals surface area contributed by atoms with Gasteiger partial charge in [-0.15, -0.1) is 11.3 Å². The standard InChI is InChI=1S/C21H24N4OS/c1-15-5-4-6-17(13-15)19(25(2)3)20(26)23-12-9-18-14-27-21(24-18)16-7-10-22-11-8-16/h4-8,10-11,13-14,19H,9,12H2,1-3H3,(H,23,26). The van der Waals surface area contributed by atoms with Crippen LogP contribution in [0.5, 0.6) is 0 Å². The zero-order chi connectivity index (χ0) is 19.2. The number of thiazole rings is 1. The maximum absolute atomic E-state index is 12.7. The molecule has 0 bridgehead atoms. The molecule has 0 spiro atoms. The lowest BCUT2D eigenvalue weighted by Gasteiger charge is -2.24. The predicted octanol–water partition coefficient (Wildman–Crippen LogP) is 3.48. The lowest BCUT2D eigenvalue weighted by molar-refractivity contribution is -0.125. The SMILES string of the molecule is Cc1cccc(C(C(=O)NCCc2csc(-c3ccncc3)n2)N(C)C)c1. The smallest absolute Gasteiger partial charge is 0.241 e. The second kappa shape index (κ2) is 8.88. The van der Waals surface area contributed by atoms with Gasteiger partial charge in [-0.2, -0.15) is 0 Å². The van der Waals surface area contributed by atoms with Crippen molar-refractivity contribution < 1.29 is 4.79 Å². The van der Waals surface area contributed by atoms with E-state index in [2.05, 4.69) is 21.4 Å². The third-order valence-electron chi connectivity index (χ3n) is 4.28. The van der Waals surface area contributed by atoms with Crippen LogP contribution in [0.25, 0.3) is 10.6 Å². The molecule has 0 fully saturated rings. The van der Waals surface area contributed by atoms with E-state index in [1.165, 1.54) is 0 Å². The molecule has 0 saturated heterocycles. The first-order valence-corrected chi connectivity index (χ1v) is 9.78. The van der Waals surface area contributed by atoms with Crippen LogP contribution < -0.4 is 5.32 Å². The second-order valence-corrected chi connectivity index (χ2v) is 7.56. The van der Waals surface area contributed by atoms with Gasteiger partial charge in [-0.05, 0) is 38.7 Å². The molecule has 6 heteroatoms. The highest BCUT2D eigenvalue weighted by molar-refractivity contribution is 7.13. The van der Waals surface area contributed by atoms with Gasteiger partial charge >= 0.3 is 0 Å². The number of likely N-dealkylation sites (N-methyl/N-ethyl adjacent to an activating group) is 1. The minimum Gasteiger partial charge on any atom is -0.354 e. The zero-order valence-corrected chi connectivity index (χ0v) is 16.7. The van der Waals surface area contributed by atoms with Crippen molar-refractivity contribution in [3.8, 4) is 10.6 Å². The number of aryl methyl sites for hydroxylation is 1. The molecule has 0 aliphatic rings. The fourth-order valence-corrected chi connectivity index (χ4v) is 3.84. The molecule has 1 atom stereocenters. The molecule has 2 aromatic heterocycles. The number of pyridine rings is 1. The van der Waals surface area contributed by atoms with Gasteiger partial charge in [-0.1, -0.05) is 29.8 Å².